The molecule has 0 bridgehead atoms. The van der Waals surface area contributed by atoms with Crippen LogP contribution in [0.25, 0.3) is 0 Å². The fraction of sp³-hybridized carbons (Fsp3) is 0.533. The summed E-state index contributed by atoms with van der Waals surface area (Å²) in [5.74, 6) is 0.323. The molecule has 1 heterocycles. The van der Waals surface area contributed by atoms with Crippen LogP contribution in [0.15, 0.2) is 22.7 Å². The van der Waals surface area contributed by atoms with E-state index in [0.717, 1.165) is 42.4 Å². The van der Waals surface area contributed by atoms with Gasteiger partial charge in [-0.3, -0.25) is 4.79 Å². The van der Waals surface area contributed by atoms with Crippen molar-refractivity contribution in [2.75, 3.05) is 13.1 Å². The van der Waals surface area contributed by atoms with Crippen LogP contribution in [0.5, 0.6) is 0 Å². The van der Waals surface area contributed by atoms with Crippen molar-refractivity contribution in [3.05, 3.63) is 33.3 Å². The van der Waals surface area contributed by atoms with Crippen molar-refractivity contribution in [3.8, 4) is 0 Å². The summed E-state index contributed by atoms with van der Waals surface area (Å²) in [5.41, 5.74) is 0.753. The molecule has 1 saturated heterocycles. The summed E-state index contributed by atoms with van der Waals surface area (Å²) in [6.07, 6.45) is 3.40. The Hall–Kier alpha value is -0.380. The number of carbonyl (C=O) groups excluding carboxylic acids is 1. The fourth-order valence-electron chi connectivity index (χ4n) is 2.84. The monoisotopic (exact) mass is 343 g/mol. The molecule has 1 aliphatic heterocycles. The molecule has 0 aromatic heterocycles. The molecule has 4 heteroatoms. The van der Waals surface area contributed by atoms with Gasteiger partial charge in [-0.25, -0.2) is 0 Å². The predicted molar refractivity (Wildman–Crippen MR) is 82.7 cm³/mol. The maximum atomic E-state index is 12.7. The van der Waals surface area contributed by atoms with E-state index in [1.165, 1.54) is 0 Å². The number of benzene rings is 1. The second kappa shape index (κ2) is 6.38. The van der Waals surface area contributed by atoms with Crippen LogP contribution in [0.4, 0.5) is 0 Å². The SMILES string of the molecule is CCCC1(C(=O)Cc2ccc(Br)cc2Cl)CCNC1. The highest BCUT2D eigenvalue weighted by molar-refractivity contribution is 9.10. The highest BCUT2D eigenvalue weighted by Crippen LogP contribution is 2.34. The number of carbonyl (C=O) groups is 1. The van der Waals surface area contributed by atoms with Gasteiger partial charge < -0.3 is 5.32 Å². The Morgan fingerprint density at radius 2 is 2.32 bits per heavy atom. The molecule has 1 aromatic carbocycles. The lowest BCUT2D eigenvalue weighted by atomic mass is 9.76. The molecule has 2 nitrogen and oxygen atoms in total. The molecule has 1 atom stereocenters. The van der Waals surface area contributed by atoms with Gasteiger partial charge in [-0.2, -0.15) is 0 Å². The molecule has 104 valence electrons. The van der Waals surface area contributed by atoms with Crippen LogP contribution in [0.1, 0.15) is 31.7 Å². The van der Waals surface area contributed by atoms with Gasteiger partial charge >= 0.3 is 0 Å². The number of Topliss-reactive ketones (excluding diaryl/α,β-unsaturated/α-hetero) is 1. The third-order valence-electron chi connectivity index (χ3n) is 3.93. The van der Waals surface area contributed by atoms with Crippen LogP contribution in [0, 0.1) is 5.41 Å². The number of hydrogen-bond acceptors (Lipinski definition) is 2. The van der Waals surface area contributed by atoms with Crippen LogP contribution in [-0.2, 0) is 11.2 Å². The molecular weight excluding hydrogens is 326 g/mol. The summed E-state index contributed by atoms with van der Waals surface area (Å²) < 4.78 is 0.944. The third kappa shape index (κ3) is 3.39. The summed E-state index contributed by atoms with van der Waals surface area (Å²) in [6.45, 7) is 3.90. The minimum Gasteiger partial charge on any atom is -0.316 e. The van der Waals surface area contributed by atoms with Crippen molar-refractivity contribution >= 4 is 33.3 Å². The molecule has 2 rings (SSSR count). The molecule has 1 N–H and O–H groups in total. The second-order valence-corrected chi connectivity index (χ2v) is 6.62. The van der Waals surface area contributed by atoms with Gasteiger partial charge in [-0.05, 0) is 37.1 Å². The molecule has 1 fully saturated rings. The lowest BCUT2D eigenvalue weighted by Gasteiger charge is -2.26. The maximum absolute atomic E-state index is 12.7. The number of rotatable bonds is 5. The molecule has 0 amide bonds. The molecule has 0 radical (unpaired) electrons. The van der Waals surface area contributed by atoms with Gasteiger partial charge in [0.15, 0.2) is 0 Å². The van der Waals surface area contributed by atoms with Crippen molar-refractivity contribution in [3.63, 3.8) is 0 Å². The lowest BCUT2D eigenvalue weighted by Crippen LogP contribution is -2.34. The summed E-state index contributed by atoms with van der Waals surface area (Å²) >= 11 is 9.59. The quantitative estimate of drug-likeness (QED) is 0.875. The van der Waals surface area contributed by atoms with Crippen molar-refractivity contribution in [1.29, 1.82) is 0 Å². The predicted octanol–water partition coefficient (Wildman–Crippen LogP) is 3.99. The van der Waals surface area contributed by atoms with Crippen LogP contribution < -0.4 is 5.32 Å². The smallest absolute Gasteiger partial charge is 0.144 e. The molecule has 1 aromatic rings. The van der Waals surface area contributed by atoms with Gasteiger partial charge in [0.2, 0.25) is 0 Å². The Bertz CT molecular complexity index is 469. The van der Waals surface area contributed by atoms with E-state index < -0.39 is 0 Å². The largest absolute Gasteiger partial charge is 0.316 e. The van der Waals surface area contributed by atoms with E-state index in [-0.39, 0.29) is 5.41 Å². The summed E-state index contributed by atoms with van der Waals surface area (Å²) in [6, 6.07) is 5.73. The average molecular weight is 345 g/mol. The van der Waals surface area contributed by atoms with Gasteiger partial charge in [0.05, 0.1) is 0 Å². The lowest BCUT2D eigenvalue weighted by molar-refractivity contribution is -0.127. The molecule has 19 heavy (non-hydrogen) atoms. The zero-order valence-corrected chi connectivity index (χ0v) is 13.5. The van der Waals surface area contributed by atoms with Crippen LogP contribution in [0.2, 0.25) is 5.02 Å². The number of halogens is 2. The molecule has 0 saturated carbocycles. The van der Waals surface area contributed by atoms with Crippen LogP contribution >= 0.6 is 27.5 Å². The summed E-state index contributed by atoms with van der Waals surface area (Å²) in [4.78, 5) is 12.7. The first-order valence-corrected chi connectivity index (χ1v) is 7.92. The Morgan fingerprint density at radius 3 is 2.89 bits per heavy atom. The molecule has 0 aliphatic carbocycles. The molecule has 1 aliphatic rings. The normalized spacial score (nSPS) is 22.7. The molecular formula is C15H19BrClNO. The minimum atomic E-state index is -0.175. The first-order valence-electron chi connectivity index (χ1n) is 6.75. The van der Waals surface area contributed by atoms with Crippen LogP contribution in [-0.4, -0.2) is 18.9 Å². The third-order valence-corrected chi connectivity index (χ3v) is 4.77. The van der Waals surface area contributed by atoms with E-state index in [4.69, 9.17) is 11.6 Å². The molecule has 0 spiro atoms. The number of ketones is 1. The van der Waals surface area contributed by atoms with Gasteiger partial charge in [0, 0.05) is 27.9 Å². The van der Waals surface area contributed by atoms with Gasteiger partial charge in [-0.1, -0.05) is 46.9 Å². The highest BCUT2D eigenvalue weighted by Gasteiger charge is 2.39. The summed E-state index contributed by atoms with van der Waals surface area (Å²) in [7, 11) is 0. The number of nitrogens with one attached hydrogen (secondary N) is 1. The zero-order chi connectivity index (χ0) is 13.9. The zero-order valence-electron chi connectivity index (χ0n) is 11.1. The Labute approximate surface area is 128 Å². The van der Waals surface area contributed by atoms with Crippen molar-refractivity contribution in [1.82, 2.24) is 5.32 Å². The second-order valence-electron chi connectivity index (χ2n) is 5.29. The Morgan fingerprint density at radius 1 is 1.53 bits per heavy atom. The van der Waals surface area contributed by atoms with Crippen LogP contribution in [0.3, 0.4) is 0 Å². The fourth-order valence-corrected chi connectivity index (χ4v) is 3.58. The van der Waals surface area contributed by atoms with Crippen molar-refractivity contribution < 1.29 is 4.79 Å². The standard InChI is InChI=1S/C15H19BrClNO/c1-2-5-15(6-7-18-10-15)14(19)8-11-3-4-12(16)9-13(11)17/h3-4,9,18H,2,5-8,10H2,1H3. The van der Waals surface area contributed by atoms with Gasteiger partial charge in [0.25, 0.3) is 0 Å². The van der Waals surface area contributed by atoms with E-state index in [9.17, 15) is 4.79 Å². The van der Waals surface area contributed by atoms with E-state index in [0.29, 0.717) is 17.2 Å². The first-order chi connectivity index (χ1) is 9.07. The van der Waals surface area contributed by atoms with Gasteiger partial charge in [-0.15, -0.1) is 0 Å². The average Bonchev–Trinajstić information content (AvgIpc) is 2.83. The van der Waals surface area contributed by atoms with E-state index in [2.05, 4.69) is 28.2 Å². The van der Waals surface area contributed by atoms with Gasteiger partial charge in [0.1, 0.15) is 5.78 Å². The maximum Gasteiger partial charge on any atom is 0.144 e. The highest BCUT2D eigenvalue weighted by atomic mass is 79.9. The number of hydrogen-bond donors (Lipinski definition) is 1. The van der Waals surface area contributed by atoms with Crippen molar-refractivity contribution in [2.24, 2.45) is 5.41 Å². The van der Waals surface area contributed by atoms with E-state index in [1.54, 1.807) is 0 Å². The molecule has 1 unspecified atom stereocenters. The Kier molecular flexibility index (Phi) is 5.04. The van der Waals surface area contributed by atoms with E-state index in [1.807, 2.05) is 18.2 Å². The Balaban J connectivity index is 2.15. The van der Waals surface area contributed by atoms with E-state index >= 15 is 0 Å². The topological polar surface area (TPSA) is 29.1 Å². The first kappa shape index (κ1) is 15.0. The summed E-state index contributed by atoms with van der Waals surface area (Å²) in [5, 5.41) is 3.99. The van der Waals surface area contributed by atoms with Crippen molar-refractivity contribution in [2.45, 2.75) is 32.6 Å². The minimum absolute atomic E-state index is 0.175.